The van der Waals surface area contributed by atoms with Gasteiger partial charge in [-0.3, -0.25) is 4.79 Å². The van der Waals surface area contributed by atoms with Crippen molar-refractivity contribution in [1.29, 1.82) is 0 Å². The van der Waals surface area contributed by atoms with Crippen LogP contribution in [0.1, 0.15) is 23.2 Å². The van der Waals surface area contributed by atoms with E-state index in [0.29, 0.717) is 6.42 Å². The number of methoxy groups -OCH3 is 1. The second-order valence-corrected chi connectivity index (χ2v) is 5.61. The minimum absolute atomic E-state index is 0.0346. The normalized spacial score (nSPS) is 19.1. The number of ether oxygens (including phenoxy) is 1. The summed E-state index contributed by atoms with van der Waals surface area (Å²) in [5.74, 6) is -1.84. The molecule has 1 aromatic rings. The Bertz CT molecular complexity index is 578. The van der Waals surface area contributed by atoms with E-state index in [9.17, 15) is 18.0 Å². The van der Waals surface area contributed by atoms with Gasteiger partial charge in [0.2, 0.25) is 0 Å². The molecule has 1 fully saturated rings. The van der Waals surface area contributed by atoms with Gasteiger partial charge in [0.05, 0.1) is 29.3 Å². The molecule has 0 aromatic heterocycles. The molecular weight excluding hydrogens is 321 g/mol. The first-order valence-corrected chi connectivity index (χ1v) is 7.10. The third kappa shape index (κ3) is 3.40. The molecule has 0 aliphatic carbocycles. The number of amides is 1. The number of piperidine rings is 1. The van der Waals surface area contributed by atoms with Crippen LogP contribution in [0, 0.1) is 5.92 Å². The summed E-state index contributed by atoms with van der Waals surface area (Å²) < 4.78 is 43.6. The van der Waals surface area contributed by atoms with Crippen molar-refractivity contribution in [1.82, 2.24) is 4.90 Å². The van der Waals surface area contributed by atoms with E-state index < -0.39 is 18.0 Å². The van der Waals surface area contributed by atoms with Gasteiger partial charge in [-0.1, -0.05) is 11.6 Å². The Balaban J connectivity index is 2.26. The van der Waals surface area contributed by atoms with Gasteiger partial charge in [0, 0.05) is 19.2 Å². The highest BCUT2D eigenvalue weighted by molar-refractivity contribution is 6.33. The maximum absolute atomic E-state index is 12.8. The Morgan fingerprint density at radius 1 is 1.45 bits per heavy atom. The summed E-state index contributed by atoms with van der Waals surface area (Å²) in [7, 11) is 1.36. The minimum Gasteiger partial charge on any atom is -0.496 e. The molecule has 2 rings (SSSR count). The number of benzene rings is 1. The first-order chi connectivity index (χ1) is 10.2. The number of carbonyl (C=O) groups excluding carboxylic acids is 1. The third-order valence-electron chi connectivity index (χ3n) is 3.72. The Labute approximate surface area is 131 Å². The van der Waals surface area contributed by atoms with Crippen LogP contribution >= 0.6 is 11.6 Å². The third-order valence-corrected chi connectivity index (χ3v) is 4.05. The maximum Gasteiger partial charge on any atom is 0.393 e. The quantitative estimate of drug-likeness (QED) is 0.843. The van der Waals surface area contributed by atoms with E-state index in [-0.39, 0.29) is 41.5 Å². The van der Waals surface area contributed by atoms with Gasteiger partial charge in [0.25, 0.3) is 5.91 Å². The lowest BCUT2D eigenvalue weighted by Gasteiger charge is -2.34. The Morgan fingerprint density at radius 2 is 2.14 bits per heavy atom. The molecule has 0 saturated carbocycles. The summed E-state index contributed by atoms with van der Waals surface area (Å²) in [5, 5.41) is 0.161. The van der Waals surface area contributed by atoms with Gasteiger partial charge in [-0.05, 0) is 18.9 Å². The van der Waals surface area contributed by atoms with E-state index in [1.54, 1.807) is 0 Å². The number of carbonyl (C=O) groups is 1. The van der Waals surface area contributed by atoms with Crippen molar-refractivity contribution in [3.63, 3.8) is 0 Å². The molecule has 1 saturated heterocycles. The average molecular weight is 337 g/mol. The van der Waals surface area contributed by atoms with Crippen LogP contribution in [-0.2, 0) is 0 Å². The fourth-order valence-corrected chi connectivity index (χ4v) is 2.67. The number of anilines is 1. The van der Waals surface area contributed by atoms with Crippen LogP contribution in [0.4, 0.5) is 18.9 Å². The summed E-state index contributed by atoms with van der Waals surface area (Å²) in [4.78, 5) is 13.7. The number of nitrogens with zero attached hydrogens (tertiary/aromatic N) is 1. The number of rotatable bonds is 2. The molecule has 1 aliphatic heterocycles. The lowest BCUT2D eigenvalue weighted by atomic mass is 9.96. The molecule has 2 N–H and O–H groups in total. The van der Waals surface area contributed by atoms with Gasteiger partial charge in [-0.2, -0.15) is 13.2 Å². The number of alkyl halides is 3. The number of nitrogens with two attached hydrogens (primary N) is 1. The molecule has 0 bridgehead atoms. The zero-order chi connectivity index (χ0) is 16.5. The first-order valence-electron chi connectivity index (χ1n) is 6.73. The van der Waals surface area contributed by atoms with Crippen molar-refractivity contribution in [3.8, 4) is 5.75 Å². The van der Waals surface area contributed by atoms with Crippen LogP contribution in [0.25, 0.3) is 0 Å². The van der Waals surface area contributed by atoms with Crippen molar-refractivity contribution in [2.45, 2.75) is 19.0 Å². The monoisotopic (exact) mass is 336 g/mol. The maximum atomic E-state index is 12.8. The summed E-state index contributed by atoms with van der Waals surface area (Å²) in [6.45, 7) is -0.0793. The Kier molecular flexibility index (Phi) is 4.75. The van der Waals surface area contributed by atoms with Crippen LogP contribution in [0.2, 0.25) is 5.02 Å². The van der Waals surface area contributed by atoms with Gasteiger partial charge in [0.15, 0.2) is 0 Å². The van der Waals surface area contributed by atoms with Crippen molar-refractivity contribution < 1.29 is 22.7 Å². The predicted molar refractivity (Wildman–Crippen MR) is 77.1 cm³/mol. The second kappa shape index (κ2) is 6.24. The number of hydrogen-bond acceptors (Lipinski definition) is 3. The van der Waals surface area contributed by atoms with E-state index in [1.807, 2.05) is 0 Å². The highest BCUT2D eigenvalue weighted by Gasteiger charge is 2.43. The van der Waals surface area contributed by atoms with E-state index in [1.165, 1.54) is 24.1 Å². The fourth-order valence-electron chi connectivity index (χ4n) is 2.50. The van der Waals surface area contributed by atoms with Crippen LogP contribution in [0.15, 0.2) is 12.1 Å². The Hall–Kier alpha value is -1.63. The molecule has 0 radical (unpaired) electrons. The fraction of sp³-hybridized carbons (Fsp3) is 0.500. The summed E-state index contributed by atoms with van der Waals surface area (Å²) in [6, 6.07) is 2.72. The minimum atomic E-state index is -4.30. The van der Waals surface area contributed by atoms with E-state index in [4.69, 9.17) is 22.1 Å². The number of halogens is 4. The summed E-state index contributed by atoms with van der Waals surface area (Å²) in [6.07, 6.45) is -3.96. The molecule has 1 aromatic carbocycles. The standard InChI is InChI=1S/C14H16ClF3N2O2/c1-22-12-6-11(19)10(15)5-9(12)13(21)20-4-2-3-8(7-20)14(16,17)18/h5-6,8H,2-4,7,19H2,1H3. The van der Waals surface area contributed by atoms with Gasteiger partial charge in [-0.15, -0.1) is 0 Å². The van der Waals surface area contributed by atoms with Gasteiger partial charge >= 0.3 is 6.18 Å². The van der Waals surface area contributed by atoms with Gasteiger partial charge in [-0.25, -0.2) is 0 Å². The van der Waals surface area contributed by atoms with Crippen LogP contribution < -0.4 is 10.5 Å². The van der Waals surface area contributed by atoms with Crippen LogP contribution in [-0.4, -0.2) is 37.2 Å². The molecule has 1 heterocycles. The van der Waals surface area contributed by atoms with Crippen molar-refractivity contribution in [3.05, 3.63) is 22.7 Å². The molecule has 4 nitrogen and oxygen atoms in total. The molecule has 0 spiro atoms. The zero-order valence-corrected chi connectivity index (χ0v) is 12.7. The summed E-state index contributed by atoms with van der Waals surface area (Å²) in [5.41, 5.74) is 5.99. The van der Waals surface area contributed by atoms with Gasteiger partial charge < -0.3 is 15.4 Å². The first kappa shape index (κ1) is 16.7. The highest BCUT2D eigenvalue weighted by atomic mass is 35.5. The highest BCUT2D eigenvalue weighted by Crippen LogP contribution is 2.35. The SMILES string of the molecule is COc1cc(N)c(Cl)cc1C(=O)N1CCCC(C(F)(F)F)C1. The topological polar surface area (TPSA) is 55.6 Å². The van der Waals surface area contributed by atoms with Crippen LogP contribution in [0.5, 0.6) is 5.75 Å². The molecule has 1 atom stereocenters. The van der Waals surface area contributed by atoms with E-state index >= 15 is 0 Å². The molecule has 8 heteroatoms. The molecule has 1 amide bonds. The summed E-state index contributed by atoms with van der Waals surface area (Å²) >= 11 is 5.90. The van der Waals surface area contributed by atoms with Crippen molar-refractivity contribution >= 4 is 23.2 Å². The number of hydrogen-bond donors (Lipinski definition) is 1. The largest absolute Gasteiger partial charge is 0.496 e. The van der Waals surface area contributed by atoms with Crippen LogP contribution in [0.3, 0.4) is 0 Å². The lowest BCUT2D eigenvalue weighted by Crippen LogP contribution is -2.44. The van der Waals surface area contributed by atoms with Gasteiger partial charge in [0.1, 0.15) is 5.75 Å². The van der Waals surface area contributed by atoms with Crippen molar-refractivity contribution in [2.24, 2.45) is 5.92 Å². The molecule has 122 valence electrons. The molecule has 1 unspecified atom stereocenters. The predicted octanol–water partition coefficient (Wildman–Crippen LogP) is 3.35. The zero-order valence-electron chi connectivity index (χ0n) is 11.9. The lowest BCUT2D eigenvalue weighted by molar-refractivity contribution is -0.184. The number of nitrogen functional groups attached to an aromatic ring is 1. The Morgan fingerprint density at radius 3 is 2.73 bits per heavy atom. The van der Waals surface area contributed by atoms with E-state index in [0.717, 1.165) is 0 Å². The molecule has 1 aliphatic rings. The average Bonchev–Trinajstić information content (AvgIpc) is 2.48. The number of likely N-dealkylation sites (tertiary alicyclic amines) is 1. The smallest absolute Gasteiger partial charge is 0.393 e. The molecule has 22 heavy (non-hydrogen) atoms. The van der Waals surface area contributed by atoms with E-state index in [2.05, 4.69) is 0 Å². The molecular formula is C14H16ClF3N2O2. The van der Waals surface area contributed by atoms with Crippen molar-refractivity contribution in [2.75, 3.05) is 25.9 Å². The second-order valence-electron chi connectivity index (χ2n) is 5.21.